The molecule has 190 valence electrons. The predicted octanol–water partition coefficient (Wildman–Crippen LogP) is 6.21. The normalized spacial score (nSPS) is 29.7. The number of hydrogen-bond acceptors (Lipinski definition) is 4. The fraction of sp³-hybridized carbons (Fsp3) is 0.759. The summed E-state index contributed by atoms with van der Waals surface area (Å²) in [7, 11) is 0. The highest BCUT2D eigenvalue weighted by Gasteiger charge is 2.51. The van der Waals surface area contributed by atoms with E-state index in [1.807, 2.05) is 6.92 Å². The lowest BCUT2D eigenvalue weighted by atomic mass is 9.63. The van der Waals surface area contributed by atoms with Crippen molar-refractivity contribution < 1.29 is 19.4 Å². The van der Waals surface area contributed by atoms with Gasteiger partial charge in [-0.1, -0.05) is 46.5 Å². The van der Waals surface area contributed by atoms with Gasteiger partial charge in [0.25, 0.3) is 0 Å². The lowest BCUT2D eigenvalue weighted by Gasteiger charge is -2.49. The third-order valence-electron chi connectivity index (χ3n) is 8.71. The first-order chi connectivity index (χ1) is 16.0. The summed E-state index contributed by atoms with van der Waals surface area (Å²) < 4.78 is 13.4. The Bertz CT molecular complexity index is 908. The zero-order valence-electron chi connectivity index (χ0n) is 22.1. The fourth-order valence-electron chi connectivity index (χ4n) is 6.54. The number of ether oxygens (including phenoxy) is 2. The summed E-state index contributed by atoms with van der Waals surface area (Å²) in [5.41, 5.74) is 1.08. The monoisotopic (exact) mass is 471 g/mol. The Morgan fingerprint density at radius 2 is 1.79 bits per heavy atom. The van der Waals surface area contributed by atoms with Gasteiger partial charge in [-0.05, 0) is 75.5 Å². The van der Waals surface area contributed by atoms with Crippen LogP contribution in [0.15, 0.2) is 12.1 Å². The average Bonchev–Trinajstić information content (AvgIpc) is 2.78. The van der Waals surface area contributed by atoms with Crippen molar-refractivity contribution in [2.45, 2.75) is 122 Å². The van der Waals surface area contributed by atoms with Crippen molar-refractivity contribution in [3.63, 3.8) is 0 Å². The maximum atomic E-state index is 13.2. The van der Waals surface area contributed by atoms with E-state index in [9.17, 15) is 9.90 Å². The first kappa shape index (κ1) is 25.3. The van der Waals surface area contributed by atoms with Gasteiger partial charge in [0.1, 0.15) is 17.1 Å². The number of aliphatic hydroxyl groups excluding tert-OH is 1. The van der Waals surface area contributed by atoms with Crippen LogP contribution in [0.2, 0.25) is 0 Å². The van der Waals surface area contributed by atoms with Gasteiger partial charge in [0.2, 0.25) is 5.91 Å². The number of carbonyl (C=O) groups is 1. The second-order valence-corrected chi connectivity index (χ2v) is 12.3. The molecule has 0 radical (unpaired) electrons. The summed E-state index contributed by atoms with van der Waals surface area (Å²) in [5.74, 6) is 2.33. The first-order valence-electron chi connectivity index (χ1n) is 13.5. The van der Waals surface area contributed by atoms with Crippen LogP contribution in [-0.4, -0.2) is 28.9 Å². The molecule has 3 aliphatic rings. The molecule has 2 heterocycles. The average molecular weight is 472 g/mol. The van der Waals surface area contributed by atoms with Crippen molar-refractivity contribution in [3.8, 4) is 11.5 Å². The molecule has 4 unspecified atom stereocenters. The Labute approximate surface area is 206 Å². The van der Waals surface area contributed by atoms with Gasteiger partial charge in [-0.25, -0.2) is 0 Å². The number of carbonyl (C=O) groups excluding carboxylic acids is 1. The predicted molar refractivity (Wildman–Crippen MR) is 135 cm³/mol. The summed E-state index contributed by atoms with van der Waals surface area (Å²) in [5, 5.41) is 12.9. The Morgan fingerprint density at radius 3 is 2.47 bits per heavy atom. The van der Waals surface area contributed by atoms with E-state index in [4.69, 9.17) is 9.47 Å². The van der Waals surface area contributed by atoms with Crippen molar-refractivity contribution in [2.75, 3.05) is 6.61 Å². The topological polar surface area (TPSA) is 67.8 Å². The van der Waals surface area contributed by atoms with Gasteiger partial charge in [-0.3, -0.25) is 4.79 Å². The summed E-state index contributed by atoms with van der Waals surface area (Å²) in [6, 6.07) is 4.45. The summed E-state index contributed by atoms with van der Waals surface area (Å²) >= 11 is 0. The molecule has 2 aliphatic heterocycles. The standard InChI is InChI=1S/C29H45NO4/c1-7-8-9-10-13-27(2,3)20-17-23-25-21-16-19(11-12-22(21)28(4,5)33-23)26(32)30-29(6,14-15-31)34-24(25)18-20/h17-19,21-22,31H,7-16H2,1-6H3,(H,30,32). The minimum atomic E-state index is -0.955. The van der Waals surface area contributed by atoms with Crippen LogP contribution in [0.25, 0.3) is 0 Å². The van der Waals surface area contributed by atoms with Crippen LogP contribution >= 0.6 is 0 Å². The summed E-state index contributed by atoms with van der Waals surface area (Å²) in [6.07, 6.45) is 9.06. The lowest BCUT2D eigenvalue weighted by molar-refractivity contribution is -0.133. The molecule has 2 N–H and O–H groups in total. The Hall–Kier alpha value is -1.75. The molecule has 1 saturated carbocycles. The SMILES string of the molecule is CCCCCCC(C)(C)c1cc2c3c(c1)OC(C)(C)C1CCC(CC31)C(=O)NC(C)(CCO)O2. The molecule has 4 rings (SSSR count). The van der Waals surface area contributed by atoms with Crippen LogP contribution in [-0.2, 0) is 10.2 Å². The second kappa shape index (κ2) is 9.37. The Kier molecular flexibility index (Phi) is 6.98. The van der Waals surface area contributed by atoms with Crippen LogP contribution in [0.3, 0.4) is 0 Å². The van der Waals surface area contributed by atoms with Crippen molar-refractivity contribution in [3.05, 3.63) is 23.3 Å². The Morgan fingerprint density at radius 1 is 1.09 bits per heavy atom. The van der Waals surface area contributed by atoms with E-state index < -0.39 is 5.72 Å². The molecule has 1 aromatic carbocycles. The van der Waals surface area contributed by atoms with Gasteiger partial charge in [0, 0.05) is 30.4 Å². The molecule has 1 amide bonds. The number of aliphatic hydroxyl groups is 1. The quantitative estimate of drug-likeness (QED) is 0.442. The van der Waals surface area contributed by atoms with Crippen molar-refractivity contribution in [1.82, 2.24) is 5.32 Å². The minimum absolute atomic E-state index is 0.0167. The van der Waals surface area contributed by atoms with Crippen molar-refractivity contribution in [1.29, 1.82) is 0 Å². The fourth-order valence-corrected chi connectivity index (χ4v) is 6.54. The number of hydrogen-bond donors (Lipinski definition) is 2. The highest BCUT2D eigenvalue weighted by molar-refractivity contribution is 5.80. The van der Waals surface area contributed by atoms with Crippen LogP contribution in [0.5, 0.6) is 11.5 Å². The van der Waals surface area contributed by atoms with E-state index in [-0.39, 0.29) is 35.4 Å². The highest BCUT2D eigenvalue weighted by atomic mass is 16.5. The van der Waals surface area contributed by atoms with Crippen molar-refractivity contribution >= 4 is 5.91 Å². The van der Waals surface area contributed by atoms with E-state index in [0.29, 0.717) is 12.3 Å². The molecule has 0 saturated heterocycles. The number of nitrogens with one attached hydrogen (secondary N) is 1. The number of benzene rings is 1. The number of fused-ring (bicyclic) bond motifs is 1. The third-order valence-corrected chi connectivity index (χ3v) is 8.71. The molecule has 1 fully saturated rings. The molecule has 34 heavy (non-hydrogen) atoms. The number of unbranched alkanes of at least 4 members (excludes halogenated alkanes) is 3. The zero-order chi connectivity index (χ0) is 24.7. The van der Waals surface area contributed by atoms with Gasteiger partial charge >= 0.3 is 0 Å². The van der Waals surface area contributed by atoms with Crippen LogP contribution in [0, 0.1) is 11.8 Å². The summed E-state index contributed by atoms with van der Waals surface area (Å²) in [6.45, 7) is 13.1. The molecule has 0 aromatic heterocycles. The zero-order valence-corrected chi connectivity index (χ0v) is 22.1. The molecule has 0 spiro atoms. The molecule has 4 atom stereocenters. The van der Waals surface area contributed by atoms with E-state index in [0.717, 1.165) is 42.7 Å². The highest BCUT2D eigenvalue weighted by Crippen LogP contribution is 2.57. The number of amides is 1. The van der Waals surface area contributed by atoms with Gasteiger partial charge in [0.15, 0.2) is 5.72 Å². The van der Waals surface area contributed by atoms with E-state index >= 15 is 0 Å². The molecular weight excluding hydrogens is 426 g/mol. The molecule has 5 heteroatoms. The van der Waals surface area contributed by atoms with Crippen LogP contribution < -0.4 is 14.8 Å². The second-order valence-electron chi connectivity index (χ2n) is 12.3. The maximum absolute atomic E-state index is 13.2. The van der Waals surface area contributed by atoms with E-state index in [2.05, 4.69) is 52.1 Å². The molecule has 1 aliphatic carbocycles. The smallest absolute Gasteiger partial charge is 0.226 e. The van der Waals surface area contributed by atoms with Gasteiger partial charge < -0.3 is 19.9 Å². The van der Waals surface area contributed by atoms with Gasteiger partial charge in [-0.2, -0.15) is 0 Å². The number of rotatable bonds is 8. The molecule has 2 bridgehead atoms. The van der Waals surface area contributed by atoms with Gasteiger partial charge in [-0.15, -0.1) is 0 Å². The Balaban J connectivity index is 1.81. The van der Waals surface area contributed by atoms with Crippen molar-refractivity contribution in [2.24, 2.45) is 11.8 Å². The lowest BCUT2D eigenvalue weighted by Crippen LogP contribution is -2.53. The first-order valence-corrected chi connectivity index (χ1v) is 13.5. The molecular formula is C29H45NO4. The van der Waals surface area contributed by atoms with Gasteiger partial charge in [0.05, 0.1) is 0 Å². The van der Waals surface area contributed by atoms with Crippen LogP contribution in [0.1, 0.15) is 116 Å². The maximum Gasteiger partial charge on any atom is 0.226 e. The summed E-state index contributed by atoms with van der Waals surface area (Å²) in [4.78, 5) is 13.2. The minimum Gasteiger partial charge on any atom is -0.487 e. The largest absolute Gasteiger partial charge is 0.487 e. The third kappa shape index (κ3) is 4.82. The molecule has 1 aromatic rings. The van der Waals surface area contributed by atoms with E-state index in [1.54, 1.807) is 0 Å². The van der Waals surface area contributed by atoms with E-state index in [1.165, 1.54) is 31.2 Å². The van der Waals surface area contributed by atoms with Crippen LogP contribution in [0.4, 0.5) is 0 Å². The molecule has 5 nitrogen and oxygen atoms in total.